The summed E-state index contributed by atoms with van der Waals surface area (Å²) in [6.45, 7) is 2.89. The molecule has 0 aromatic heterocycles. The fraction of sp³-hybridized carbons (Fsp3) is 0.375. The van der Waals surface area contributed by atoms with E-state index >= 15 is 0 Å². The Hall–Kier alpha value is -2.57. The molecule has 8 heteroatoms. The van der Waals surface area contributed by atoms with Crippen LogP contribution < -0.4 is 5.32 Å². The third-order valence-corrected chi connectivity index (χ3v) is 6.18. The van der Waals surface area contributed by atoms with Gasteiger partial charge < -0.3 is 15.0 Å². The van der Waals surface area contributed by atoms with Crippen LogP contribution in [0.4, 0.5) is 0 Å². The van der Waals surface area contributed by atoms with Gasteiger partial charge in [0.1, 0.15) is 0 Å². The number of likely N-dealkylation sites (tertiary alicyclic amines) is 1. The molecule has 0 aliphatic carbocycles. The molecule has 0 bridgehead atoms. The lowest BCUT2D eigenvalue weighted by Crippen LogP contribution is -2.46. The summed E-state index contributed by atoms with van der Waals surface area (Å²) in [5.41, 5.74) is 1.26. The van der Waals surface area contributed by atoms with Crippen LogP contribution in [-0.2, 0) is 14.3 Å². The molecule has 6 nitrogen and oxygen atoms in total. The molecule has 170 valence electrons. The third-order valence-electron chi connectivity index (χ3n) is 5.44. The van der Waals surface area contributed by atoms with E-state index in [4.69, 9.17) is 27.9 Å². The van der Waals surface area contributed by atoms with Gasteiger partial charge in [-0.2, -0.15) is 0 Å². The van der Waals surface area contributed by atoms with Gasteiger partial charge in [0.15, 0.2) is 0 Å². The van der Waals surface area contributed by atoms with Crippen LogP contribution in [0.3, 0.4) is 0 Å². The predicted molar refractivity (Wildman–Crippen MR) is 124 cm³/mol. The Labute approximate surface area is 197 Å². The molecule has 1 saturated heterocycles. The largest absolute Gasteiger partial charge is 0.466 e. The van der Waals surface area contributed by atoms with Gasteiger partial charge in [-0.15, -0.1) is 0 Å². The zero-order chi connectivity index (χ0) is 23.1. The number of esters is 1. The number of carbonyl (C=O) groups is 3. The Morgan fingerprint density at radius 3 is 2.56 bits per heavy atom. The molecule has 2 aromatic rings. The third kappa shape index (κ3) is 6.24. The van der Waals surface area contributed by atoms with Crippen molar-refractivity contribution in [3.63, 3.8) is 0 Å². The van der Waals surface area contributed by atoms with Crippen molar-refractivity contribution in [2.24, 2.45) is 5.92 Å². The molecule has 0 saturated carbocycles. The van der Waals surface area contributed by atoms with Gasteiger partial charge in [-0.3, -0.25) is 14.4 Å². The first kappa shape index (κ1) is 24.1. The second-order valence-corrected chi connectivity index (χ2v) is 8.51. The molecule has 0 spiro atoms. The average Bonchev–Trinajstić information content (AvgIpc) is 2.80. The average molecular weight is 477 g/mol. The van der Waals surface area contributed by atoms with E-state index in [-0.39, 0.29) is 36.7 Å². The van der Waals surface area contributed by atoms with Crippen molar-refractivity contribution in [3.05, 3.63) is 69.7 Å². The molecule has 3 rings (SSSR count). The highest BCUT2D eigenvalue weighted by Gasteiger charge is 2.31. The molecule has 2 unspecified atom stereocenters. The molecule has 1 heterocycles. The predicted octanol–water partition coefficient (Wildman–Crippen LogP) is 4.66. The van der Waals surface area contributed by atoms with Crippen molar-refractivity contribution >= 4 is 41.0 Å². The Balaban J connectivity index is 1.69. The van der Waals surface area contributed by atoms with Crippen LogP contribution in [0.25, 0.3) is 0 Å². The fourth-order valence-electron chi connectivity index (χ4n) is 3.80. The lowest BCUT2D eigenvalue weighted by Gasteiger charge is -2.33. The van der Waals surface area contributed by atoms with Crippen molar-refractivity contribution < 1.29 is 19.1 Å². The zero-order valence-electron chi connectivity index (χ0n) is 17.9. The van der Waals surface area contributed by atoms with Crippen LogP contribution in [0.1, 0.15) is 48.1 Å². The van der Waals surface area contributed by atoms with E-state index in [1.807, 2.05) is 30.3 Å². The number of carbonyl (C=O) groups excluding carboxylic acids is 3. The lowest BCUT2D eigenvalue weighted by molar-refractivity contribution is -0.144. The first-order chi connectivity index (χ1) is 15.4. The minimum Gasteiger partial charge on any atom is -0.466 e. The van der Waals surface area contributed by atoms with E-state index in [1.165, 1.54) is 0 Å². The van der Waals surface area contributed by atoms with E-state index in [9.17, 15) is 14.4 Å². The molecular formula is C24H26Cl2N2O4. The summed E-state index contributed by atoms with van der Waals surface area (Å²) >= 11 is 12.0. The molecule has 1 aliphatic rings. The van der Waals surface area contributed by atoms with Gasteiger partial charge in [-0.05, 0) is 43.5 Å². The highest BCUT2D eigenvalue weighted by molar-refractivity contribution is 6.42. The van der Waals surface area contributed by atoms with Gasteiger partial charge in [0.25, 0.3) is 5.91 Å². The zero-order valence-corrected chi connectivity index (χ0v) is 19.4. The molecule has 1 aliphatic heterocycles. The maximum atomic E-state index is 13.1. The fourth-order valence-corrected chi connectivity index (χ4v) is 4.10. The summed E-state index contributed by atoms with van der Waals surface area (Å²) in [6, 6.07) is 13.6. The van der Waals surface area contributed by atoms with Crippen LogP contribution in [0.15, 0.2) is 48.5 Å². The van der Waals surface area contributed by atoms with Crippen molar-refractivity contribution in [1.29, 1.82) is 0 Å². The normalized spacial score (nSPS) is 16.8. The Morgan fingerprint density at radius 2 is 1.88 bits per heavy atom. The summed E-state index contributed by atoms with van der Waals surface area (Å²) in [5, 5.41) is 3.69. The van der Waals surface area contributed by atoms with Gasteiger partial charge >= 0.3 is 5.97 Å². The summed E-state index contributed by atoms with van der Waals surface area (Å²) in [6.07, 6.45) is 1.42. The Kier molecular flexibility index (Phi) is 8.53. The number of halogens is 2. The summed E-state index contributed by atoms with van der Waals surface area (Å²) in [4.78, 5) is 39.8. The van der Waals surface area contributed by atoms with Crippen LogP contribution in [0.5, 0.6) is 0 Å². The molecule has 2 aromatic carbocycles. The SMILES string of the molecule is CCOC(=O)CC(NC(=O)C1CCCN(C(=O)c2ccc(Cl)c(Cl)c2)C1)c1ccccc1. The number of rotatable bonds is 7. The van der Waals surface area contributed by atoms with E-state index < -0.39 is 6.04 Å². The first-order valence-electron chi connectivity index (χ1n) is 10.6. The maximum absolute atomic E-state index is 13.1. The Morgan fingerprint density at radius 1 is 1.12 bits per heavy atom. The van der Waals surface area contributed by atoms with Crippen LogP contribution in [0, 0.1) is 5.92 Å². The summed E-state index contributed by atoms with van der Waals surface area (Å²) in [5.74, 6) is -1.12. The van der Waals surface area contributed by atoms with Crippen LogP contribution in [-0.4, -0.2) is 42.4 Å². The van der Waals surface area contributed by atoms with Gasteiger partial charge in [-0.1, -0.05) is 53.5 Å². The molecule has 2 amide bonds. The minimum atomic E-state index is -0.496. The summed E-state index contributed by atoms with van der Waals surface area (Å²) in [7, 11) is 0. The highest BCUT2D eigenvalue weighted by atomic mass is 35.5. The van der Waals surface area contributed by atoms with E-state index in [2.05, 4.69) is 5.32 Å². The van der Waals surface area contributed by atoms with Gasteiger partial charge in [0.2, 0.25) is 5.91 Å². The van der Waals surface area contributed by atoms with Crippen molar-refractivity contribution in [2.45, 2.75) is 32.2 Å². The number of benzene rings is 2. The number of nitrogens with zero attached hydrogens (tertiary/aromatic N) is 1. The number of nitrogens with one attached hydrogen (secondary N) is 1. The molecule has 0 radical (unpaired) electrons. The molecule has 32 heavy (non-hydrogen) atoms. The topological polar surface area (TPSA) is 75.7 Å². The maximum Gasteiger partial charge on any atom is 0.308 e. The van der Waals surface area contributed by atoms with Crippen LogP contribution in [0.2, 0.25) is 10.0 Å². The lowest BCUT2D eigenvalue weighted by atomic mass is 9.95. The first-order valence-corrected chi connectivity index (χ1v) is 11.4. The van der Waals surface area contributed by atoms with E-state index in [0.29, 0.717) is 41.5 Å². The number of hydrogen-bond acceptors (Lipinski definition) is 4. The molecule has 2 atom stereocenters. The highest BCUT2D eigenvalue weighted by Crippen LogP contribution is 2.26. The van der Waals surface area contributed by atoms with Gasteiger partial charge in [0.05, 0.1) is 35.0 Å². The van der Waals surface area contributed by atoms with Crippen molar-refractivity contribution in [1.82, 2.24) is 10.2 Å². The van der Waals surface area contributed by atoms with Crippen molar-refractivity contribution in [3.8, 4) is 0 Å². The molecule has 1 N–H and O–H groups in total. The minimum absolute atomic E-state index is 0.0439. The Bertz CT molecular complexity index is 968. The second-order valence-electron chi connectivity index (χ2n) is 7.70. The van der Waals surface area contributed by atoms with E-state index in [1.54, 1.807) is 30.0 Å². The monoisotopic (exact) mass is 476 g/mol. The molecular weight excluding hydrogens is 451 g/mol. The van der Waals surface area contributed by atoms with Crippen molar-refractivity contribution in [2.75, 3.05) is 19.7 Å². The number of piperidine rings is 1. The number of hydrogen-bond donors (Lipinski definition) is 1. The van der Waals surface area contributed by atoms with Gasteiger partial charge in [0, 0.05) is 18.7 Å². The van der Waals surface area contributed by atoms with E-state index in [0.717, 1.165) is 5.56 Å². The summed E-state index contributed by atoms with van der Waals surface area (Å²) < 4.78 is 5.07. The molecule has 1 fully saturated rings. The van der Waals surface area contributed by atoms with Crippen LogP contribution >= 0.6 is 23.2 Å². The number of amides is 2. The standard InChI is InChI=1S/C24H26Cl2N2O4/c1-2-32-22(29)14-21(16-7-4-3-5-8-16)27-23(30)18-9-6-12-28(15-18)24(31)17-10-11-19(25)20(26)13-17/h3-5,7-8,10-11,13,18,21H,2,6,9,12,14-15H2,1H3,(H,27,30). The number of ether oxygens (including phenoxy) is 1. The quantitative estimate of drug-likeness (QED) is 0.589. The van der Waals surface area contributed by atoms with Gasteiger partial charge in [-0.25, -0.2) is 0 Å². The second kappa shape index (κ2) is 11.3. The smallest absolute Gasteiger partial charge is 0.308 e.